The molecule has 2 aromatic rings. The van der Waals surface area contributed by atoms with Gasteiger partial charge in [0.25, 0.3) is 0 Å². The smallest absolute Gasteiger partial charge is 0.109 e. The largest absolute Gasteiger partial charge is 0.330 e. The van der Waals surface area contributed by atoms with Crippen LogP contribution >= 0.6 is 0 Å². The van der Waals surface area contributed by atoms with Crippen LogP contribution in [0.3, 0.4) is 0 Å². The molecule has 0 bridgehead atoms. The predicted molar refractivity (Wildman–Crippen MR) is 85.8 cm³/mol. The molecular weight excluding hydrogens is 246 g/mol. The van der Waals surface area contributed by atoms with Crippen molar-refractivity contribution >= 4 is 11.0 Å². The van der Waals surface area contributed by atoms with Gasteiger partial charge in [-0.25, -0.2) is 4.98 Å². The van der Waals surface area contributed by atoms with Gasteiger partial charge in [-0.2, -0.15) is 0 Å². The van der Waals surface area contributed by atoms with Crippen molar-refractivity contribution in [3.8, 4) is 0 Å². The molecule has 20 heavy (non-hydrogen) atoms. The molecule has 0 aliphatic carbocycles. The van der Waals surface area contributed by atoms with E-state index >= 15 is 0 Å². The second-order valence-corrected chi connectivity index (χ2v) is 5.95. The molecule has 3 nitrogen and oxygen atoms in total. The van der Waals surface area contributed by atoms with E-state index in [0.29, 0.717) is 0 Å². The minimum atomic E-state index is 0.723. The van der Waals surface area contributed by atoms with Crippen LogP contribution in [0.5, 0.6) is 0 Å². The second-order valence-electron chi connectivity index (χ2n) is 5.95. The molecule has 110 valence electrons. The van der Waals surface area contributed by atoms with E-state index < -0.39 is 0 Å². The molecule has 0 fully saturated rings. The summed E-state index contributed by atoms with van der Waals surface area (Å²) in [6.45, 7) is 6.42. The van der Waals surface area contributed by atoms with Crippen molar-refractivity contribution in [1.29, 1.82) is 0 Å². The normalized spacial score (nSPS) is 11.6. The van der Waals surface area contributed by atoms with Crippen LogP contribution in [0.15, 0.2) is 24.3 Å². The maximum Gasteiger partial charge on any atom is 0.109 e. The highest BCUT2D eigenvalue weighted by molar-refractivity contribution is 5.75. The number of unbranched alkanes of at least 4 members (excludes halogenated alkanes) is 2. The lowest BCUT2D eigenvalue weighted by atomic mass is 10.1. The number of benzene rings is 1. The lowest BCUT2D eigenvalue weighted by Crippen LogP contribution is -2.07. The second kappa shape index (κ2) is 7.44. The van der Waals surface area contributed by atoms with Gasteiger partial charge in [0.2, 0.25) is 0 Å². The first kappa shape index (κ1) is 15.0. The number of nitrogens with two attached hydrogens (primary N) is 1. The molecule has 0 spiro atoms. The van der Waals surface area contributed by atoms with Gasteiger partial charge in [-0.05, 0) is 43.9 Å². The Balaban J connectivity index is 2.15. The standard InChI is InChI=1S/C17H27N3/c1-14(2)11-13-20-16-9-6-5-8-15(16)19-17(20)10-4-3-7-12-18/h5-6,8-9,14H,3-4,7,10-13,18H2,1-2H3. The number of fused-ring (bicyclic) bond motifs is 1. The van der Waals surface area contributed by atoms with E-state index in [9.17, 15) is 0 Å². The average Bonchev–Trinajstić information content (AvgIpc) is 2.79. The highest BCUT2D eigenvalue weighted by Crippen LogP contribution is 2.19. The summed E-state index contributed by atoms with van der Waals surface area (Å²) >= 11 is 0. The first-order chi connectivity index (χ1) is 9.72. The zero-order valence-corrected chi connectivity index (χ0v) is 12.8. The van der Waals surface area contributed by atoms with Gasteiger partial charge in [0.05, 0.1) is 11.0 Å². The van der Waals surface area contributed by atoms with Crippen LogP contribution in [0.25, 0.3) is 11.0 Å². The monoisotopic (exact) mass is 273 g/mol. The van der Waals surface area contributed by atoms with Gasteiger partial charge in [0.1, 0.15) is 5.82 Å². The zero-order chi connectivity index (χ0) is 14.4. The Morgan fingerprint density at radius 3 is 2.70 bits per heavy atom. The summed E-state index contributed by atoms with van der Waals surface area (Å²) in [5.41, 5.74) is 7.97. The van der Waals surface area contributed by atoms with Crippen molar-refractivity contribution in [2.24, 2.45) is 11.7 Å². The third kappa shape index (κ3) is 3.83. The lowest BCUT2D eigenvalue weighted by Gasteiger charge is -2.11. The summed E-state index contributed by atoms with van der Waals surface area (Å²) in [5.74, 6) is 1.96. The van der Waals surface area contributed by atoms with Crippen LogP contribution < -0.4 is 5.73 Å². The number of hydrogen-bond donors (Lipinski definition) is 1. The first-order valence-electron chi connectivity index (χ1n) is 7.86. The third-order valence-electron chi connectivity index (χ3n) is 3.77. The molecule has 0 unspecified atom stereocenters. The number of imidazole rings is 1. The summed E-state index contributed by atoms with van der Waals surface area (Å²) in [6.07, 6.45) is 5.77. The summed E-state index contributed by atoms with van der Waals surface area (Å²) < 4.78 is 2.41. The molecule has 0 aliphatic heterocycles. The van der Waals surface area contributed by atoms with Crippen molar-refractivity contribution < 1.29 is 0 Å². The quantitative estimate of drug-likeness (QED) is 0.744. The van der Waals surface area contributed by atoms with Gasteiger partial charge >= 0.3 is 0 Å². The van der Waals surface area contributed by atoms with Crippen molar-refractivity contribution in [3.63, 3.8) is 0 Å². The number of aryl methyl sites for hydroxylation is 2. The number of nitrogens with zero attached hydrogens (tertiary/aromatic N) is 2. The van der Waals surface area contributed by atoms with Crippen LogP contribution in [-0.2, 0) is 13.0 Å². The summed E-state index contributed by atoms with van der Waals surface area (Å²) in [6, 6.07) is 8.48. The molecule has 0 aliphatic rings. The predicted octanol–water partition coefficient (Wildman–Crippen LogP) is 3.75. The van der Waals surface area contributed by atoms with E-state index in [2.05, 4.69) is 42.7 Å². The van der Waals surface area contributed by atoms with Crippen molar-refractivity contribution in [2.45, 2.75) is 52.5 Å². The number of hydrogen-bond acceptors (Lipinski definition) is 2. The molecule has 0 amide bonds. The molecule has 2 N–H and O–H groups in total. The maximum atomic E-state index is 5.56. The number of para-hydroxylation sites is 2. The molecule has 0 radical (unpaired) electrons. The van der Waals surface area contributed by atoms with E-state index in [1.807, 2.05) is 0 Å². The molecule has 2 rings (SSSR count). The van der Waals surface area contributed by atoms with Crippen LogP contribution in [0.1, 0.15) is 45.4 Å². The van der Waals surface area contributed by atoms with E-state index in [-0.39, 0.29) is 0 Å². The molecule has 1 aromatic carbocycles. The molecule has 0 saturated heterocycles. The minimum absolute atomic E-state index is 0.723. The fourth-order valence-corrected chi connectivity index (χ4v) is 2.56. The molecule has 1 aromatic heterocycles. The van der Waals surface area contributed by atoms with E-state index in [1.54, 1.807) is 0 Å². The molecule has 1 heterocycles. The van der Waals surface area contributed by atoms with E-state index in [4.69, 9.17) is 10.7 Å². The molecule has 0 atom stereocenters. The highest BCUT2D eigenvalue weighted by atomic mass is 15.1. The fraction of sp³-hybridized carbons (Fsp3) is 0.588. The summed E-state index contributed by atoms with van der Waals surface area (Å²) in [5, 5.41) is 0. The third-order valence-corrected chi connectivity index (χ3v) is 3.77. The Hall–Kier alpha value is -1.35. The van der Waals surface area contributed by atoms with Gasteiger partial charge in [-0.1, -0.05) is 32.4 Å². The highest BCUT2D eigenvalue weighted by Gasteiger charge is 2.10. The Labute approximate surface area is 122 Å². The molecule has 3 heteroatoms. The van der Waals surface area contributed by atoms with Gasteiger partial charge in [-0.15, -0.1) is 0 Å². The van der Waals surface area contributed by atoms with Crippen LogP contribution in [0.4, 0.5) is 0 Å². The Morgan fingerprint density at radius 1 is 1.15 bits per heavy atom. The zero-order valence-electron chi connectivity index (χ0n) is 12.8. The van der Waals surface area contributed by atoms with Gasteiger partial charge in [-0.3, -0.25) is 0 Å². The van der Waals surface area contributed by atoms with Crippen molar-refractivity contribution in [1.82, 2.24) is 9.55 Å². The summed E-state index contributed by atoms with van der Waals surface area (Å²) in [7, 11) is 0. The van der Waals surface area contributed by atoms with Crippen LogP contribution in [0.2, 0.25) is 0 Å². The SMILES string of the molecule is CC(C)CCn1c(CCCCCN)nc2ccccc21. The summed E-state index contributed by atoms with van der Waals surface area (Å²) in [4.78, 5) is 4.82. The first-order valence-corrected chi connectivity index (χ1v) is 7.86. The van der Waals surface area contributed by atoms with E-state index in [1.165, 1.54) is 30.6 Å². The molecule has 0 saturated carbocycles. The Kier molecular flexibility index (Phi) is 5.60. The number of aromatic nitrogens is 2. The number of rotatable bonds is 8. The fourth-order valence-electron chi connectivity index (χ4n) is 2.56. The lowest BCUT2D eigenvalue weighted by molar-refractivity contribution is 0.508. The van der Waals surface area contributed by atoms with Gasteiger partial charge in [0, 0.05) is 13.0 Å². The van der Waals surface area contributed by atoms with Crippen molar-refractivity contribution in [2.75, 3.05) is 6.54 Å². The minimum Gasteiger partial charge on any atom is -0.330 e. The average molecular weight is 273 g/mol. The van der Waals surface area contributed by atoms with Crippen LogP contribution in [0, 0.1) is 5.92 Å². The molecular formula is C17H27N3. The van der Waals surface area contributed by atoms with Crippen LogP contribution in [-0.4, -0.2) is 16.1 Å². The Bertz CT molecular complexity index is 528. The van der Waals surface area contributed by atoms with Crippen molar-refractivity contribution in [3.05, 3.63) is 30.1 Å². The van der Waals surface area contributed by atoms with Gasteiger partial charge in [0.15, 0.2) is 0 Å². The van der Waals surface area contributed by atoms with E-state index in [0.717, 1.165) is 37.4 Å². The topological polar surface area (TPSA) is 43.8 Å². The Morgan fingerprint density at radius 2 is 1.95 bits per heavy atom. The maximum absolute atomic E-state index is 5.56. The van der Waals surface area contributed by atoms with Gasteiger partial charge < -0.3 is 10.3 Å².